The van der Waals surface area contributed by atoms with Crippen LogP contribution in [0.25, 0.3) is 22.4 Å². The third-order valence-corrected chi connectivity index (χ3v) is 6.68. The Hall–Kier alpha value is -4.47. The van der Waals surface area contributed by atoms with E-state index in [1.54, 1.807) is 11.1 Å². The molecule has 0 bridgehead atoms. The Bertz CT molecular complexity index is 1440. The summed E-state index contributed by atoms with van der Waals surface area (Å²) in [6.45, 7) is 1.67. The average Bonchev–Trinajstić information content (AvgIpc) is 3.67. The number of benzene rings is 1. The summed E-state index contributed by atoms with van der Waals surface area (Å²) in [6, 6.07) is 10.4. The van der Waals surface area contributed by atoms with Crippen molar-refractivity contribution >= 4 is 28.3 Å². The van der Waals surface area contributed by atoms with Gasteiger partial charge in [0.15, 0.2) is 5.82 Å². The number of fused-ring (bicyclic) bond motifs is 2. The van der Waals surface area contributed by atoms with E-state index in [2.05, 4.69) is 43.4 Å². The van der Waals surface area contributed by atoms with E-state index < -0.39 is 11.7 Å². The zero-order valence-corrected chi connectivity index (χ0v) is 19.1. The van der Waals surface area contributed by atoms with Crippen LogP contribution < -0.4 is 4.74 Å². The summed E-state index contributed by atoms with van der Waals surface area (Å²) >= 11 is 0. The molecule has 0 spiro atoms. The minimum absolute atomic E-state index is 0.163. The summed E-state index contributed by atoms with van der Waals surface area (Å²) in [5, 5.41) is 8.31. The molecule has 4 aromatic rings. The molecule has 0 aliphatic carbocycles. The molecule has 10 heteroatoms. The molecule has 6 rings (SSSR count). The maximum atomic E-state index is 13.4. The number of pyridine rings is 1. The molecule has 1 atom stereocenters. The second kappa shape index (κ2) is 8.39. The number of aromatic nitrogens is 5. The van der Waals surface area contributed by atoms with Crippen LogP contribution in [-0.2, 0) is 4.79 Å². The van der Waals surface area contributed by atoms with Crippen molar-refractivity contribution in [2.24, 2.45) is 0 Å². The van der Waals surface area contributed by atoms with Gasteiger partial charge in [0.1, 0.15) is 5.75 Å². The van der Waals surface area contributed by atoms with Gasteiger partial charge in [-0.2, -0.15) is 0 Å². The SMILES string of the molecule is COc1cnc(-n2ccnn2)c2[nH]cc(C(=O)C(=O)N3CCN4C(c5ccccc5)=CCC4C3)c12. The lowest BCUT2D eigenvalue weighted by molar-refractivity contribution is -0.128. The molecule has 1 unspecified atom stereocenters. The third-order valence-electron chi connectivity index (χ3n) is 6.68. The van der Waals surface area contributed by atoms with Crippen molar-refractivity contribution in [3.63, 3.8) is 0 Å². The number of hydrogen-bond acceptors (Lipinski definition) is 7. The fourth-order valence-corrected chi connectivity index (χ4v) is 5.01. The molecule has 176 valence electrons. The number of carbonyl (C=O) groups excluding carboxylic acids is 2. The molecule has 35 heavy (non-hydrogen) atoms. The van der Waals surface area contributed by atoms with Crippen LogP contribution in [0.15, 0.2) is 61.2 Å². The molecule has 2 aliphatic heterocycles. The highest BCUT2D eigenvalue weighted by Crippen LogP contribution is 2.34. The van der Waals surface area contributed by atoms with Gasteiger partial charge < -0.3 is 19.5 Å². The summed E-state index contributed by atoms with van der Waals surface area (Å²) < 4.78 is 6.96. The van der Waals surface area contributed by atoms with Crippen LogP contribution in [0, 0.1) is 0 Å². The summed E-state index contributed by atoms with van der Waals surface area (Å²) in [7, 11) is 1.51. The number of H-pyrrole nitrogens is 1. The van der Waals surface area contributed by atoms with Crippen molar-refractivity contribution in [1.82, 2.24) is 34.8 Å². The monoisotopic (exact) mass is 469 g/mol. The topological polar surface area (TPSA) is 109 Å². The number of nitrogens with one attached hydrogen (secondary N) is 1. The number of aromatic amines is 1. The molecule has 5 heterocycles. The number of rotatable bonds is 5. The van der Waals surface area contributed by atoms with Gasteiger partial charge in [0.25, 0.3) is 11.7 Å². The Morgan fingerprint density at radius 1 is 1.17 bits per heavy atom. The first kappa shape index (κ1) is 21.1. The van der Waals surface area contributed by atoms with Gasteiger partial charge in [-0.3, -0.25) is 9.59 Å². The largest absolute Gasteiger partial charge is 0.494 e. The lowest BCUT2D eigenvalue weighted by Gasteiger charge is -2.40. The zero-order chi connectivity index (χ0) is 23.9. The molecule has 1 fully saturated rings. The van der Waals surface area contributed by atoms with Gasteiger partial charge in [-0.05, 0) is 12.0 Å². The maximum Gasteiger partial charge on any atom is 0.295 e. The average molecular weight is 470 g/mol. The predicted octanol–water partition coefficient (Wildman–Crippen LogP) is 2.29. The predicted molar refractivity (Wildman–Crippen MR) is 128 cm³/mol. The first-order valence-electron chi connectivity index (χ1n) is 11.4. The Kier molecular flexibility index (Phi) is 5.05. The third kappa shape index (κ3) is 3.45. The molecule has 0 radical (unpaired) electrons. The number of piperazine rings is 1. The van der Waals surface area contributed by atoms with Gasteiger partial charge in [0.05, 0.1) is 48.2 Å². The van der Waals surface area contributed by atoms with E-state index in [1.807, 2.05) is 18.2 Å². The summed E-state index contributed by atoms with van der Waals surface area (Å²) in [5.74, 6) is -0.227. The lowest BCUT2D eigenvalue weighted by Crippen LogP contribution is -2.53. The molecule has 1 saturated heterocycles. The minimum atomic E-state index is -0.576. The van der Waals surface area contributed by atoms with Gasteiger partial charge in [-0.1, -0.05) is 41.6 Å². The van der Waals surface area contributed by atoms with Crippen LogP contribution in [0.3, 0.4) is 0 Å². The second-order valence-electron chi connectivity index (χ2n) is 8.57. The van der Waals surface area contributed by atoms with E-state index in [4.69, 9.17) is 4.74 Å². The Labute approximate surface area is 200 Å². The second-order valence-corrected chi connectivity index (χ2v) is 8.57. The standard InChI is InChI=1S/C25H23N7O3/c1-35-20-14-27-24(32-10-9-28-29-32)22-21(20)18(13-26-22)23(33)25(34)30-11-12-31-17(15-30)7-8-19(31)16-5-3-2-4-6-16/h2-6,8-10,13-14,17,26H,7,11-12,15H2,1H3. The van der Waals surface area contributed by atoms with E-state index in [0.717, 1.165) is 6.42 Å². The zero-order valence-electron chi connectivity index (χ0n) is 19.1. The highest BCUT2D eigenvalue weighted by Gasteiger charge is 2.36. The van der Waals surface area contributed by atoms with Crippen molar-refractivity contribution in [3.05, 3.63) is 72.3 Å². The number of ketones is 1. The van der Waals surface area contributed by atoms with Crippen LogP contribution in [0.4, 0.5) is 0 Å². The molecule has 1 amide bonds. The molecule has 1 aromatic carbocycles. The number of hydrogen-bond donors (Lipinski definition) is 1. The number of methoxy groups -OCH3 is 1. The molecule has 1 N–H and O–H groups in total. The van der Waals surface area contributed by atoms with E-state index in [-0.39, 0.29) is 11.6 Å². The smallest absolute Gasteiger partial charge is 0.295 e. The van der Waals surface area contributed by atoms with Gasteiger partial charge in [0, 0.05) is 31.5 Å². The number of Topliss-reactive ketones (excluding diaryl/α,β-unsaturated/α-hetero) is 1. The highest BCUT2D eigenvalue weighted by atomic mass is 16.5. The fraction of sp³-hybridized carbons (Fsp3) is 0.240. The van der Waals surface area contributed by atoms with Gasteiger partial charge in [-0.15, -0.1) is 5.10 Å². The Morgan fingerprint density at radius 2 is 2.03 bits per heavy atom. The number of amides is 1. The van der Waals surface area contributed by atoms with Crippen LogP contribution in [-0.4, -0.2) is 79.2 Å². The molecular formula is C25H23N7O3. The molecule has 2 aliphatic rings. The van der Waals surface area contributed by atoms with Crippen molar-refractivity contribution in [3.8, 4) is 11.6 Å². The van der Waals surface area contributed by atoms with E-state index >= 15 is 0 Å². The highest BCUT2D eigenvalue weighted by molar-refractivity contribution is 6.45. The Morgan fingerprint density at radius 3 is 2.80 bits per heavy atom. The number of carbonyl (C=O) groups is 2. The van der Waals surface area contributed by atoms with Crippen LogP contribution in [0.5, 0.6) is 5.75 Å². The normalized spacial score (nSPS) is 17.4. The van der Waals surface area contributed by atoms with Gasteiger partial charge >= 0.3 is 0 Å². The summed E-state index contributed by atoms with van der Waals surface area (Å²) in [6.07, 6.45) is 9.31. The van der Waals surface area contributed by atoms with Crippen molar-refractivity contribution in [2.45, 2.75) is 12.5 Å². The first-order chi connectivity index (χ1) is 17.2. The number of nitrogens with zero attached hydrogens (tertiary/aromatic N) is 6. The van der Waals surface area contributed by atoms with E-state index in [0.29, 0.717) is 42.1 Å². The Balaban J connectivity index is 1.25. The first-order valence-corrected chi connectivity index (χ1v) is 11.4. The van der Waals surface area contributed by atoms with Gasteiger partial charge in [-0.25, -0.2) is 9.67 Å². The van der Waals surface area contributed by atoms with E-state index in [9.17, 15) is 9.59 Å². The fourth-order valence-electron chi connectivity index (χ4n) is 5.01. The number of ether oxygens (including phenoxy) is 1. The van der Waals surface area contributed by atoms with Crippen molar-refractivity contribution in [1.29, 1.82) is 0 Å². The molecule has 0 saturated carbocycles. The molecule has 10 nitrogen and oxygen atoms in total. The van der Waals surface area contributed by atoms with Crippen molar-refractivity contribution < 1.29 is 14.3 Å². The van der Waals surface area contributed by atoms with Crippen LogP contribution >= 0.6 is 0 Å². The van der Waals surface area contributed by atoms with Crippen LogP contribution in [0.2, 0.25) is 0 Å². The maximum absolute atomic E-state index is 13.4. The lowest BCUT2D eigenvalue weighted by atomic mass is 10.1. The van der Waals surface area contributed by atoms with Crippen molar-refractivity contribution in [2.75, 3.05) is 26.7 Å². The van der Waals surface area contributed by atoms with Crippen LogP contribution in [0.1, 0.15) is 22.3 Å². The van der Waals surface area contributed by atoms with Gasteiger partial charge in [0.2, 0.25) is 0 Å². The molecule has 3 aromatic heterocycles. The quantitative estimate of drug-likeness (QED) is 0.353. The minimum Gasteiger partial charge on any atom is -0.494 e. The summed E-state index contributed by atoms with van der Waals surface area (Å²) in [5.41, 5.74) is 3.17. The molecular weight excluding hydrogens is 446 g/mol. The summed E-state index contributed by atoms with van der Waals surface area (Å²) in [4.78, 5) is 38.2. The van der Waals surface area contributed by atoms with E-state index in [1.165, 1.54) is 41.6 Å².